The highest BCUT2D eigenvalue weighted by Gasteiger charge is 2.24. The highest BCUT2D eigenvalue weighted by Crippen LogP contribution is 2.32. The van der Waals surface area contributed by atoms with Crippen LogP contribution in [0.1, 0.15) is 49.4 Å². The summed E-state index contributed by atoms with van der Waals surface area (Å²) in [5, 5.41) is 13.1. The maximum Gasteiger partial charge on any atom is 0.0584 e. The summed E-state index contributed by atoms with van der Waals surface area (Å²) >= 11 is 0. The fourth-order valence-electron chi connectivity index (χ4n) is 2.94. The maximum absolute atomic E-state index is 9.48. The Morgan fingerprint density at radius 2 is 2.17 bits per heavy atom. The number of aliphatic hydroxyl groups excluding tert-OH is 1. The zero-order valence-corrected chi connectivity index (χ0v) is 11.7. The average molecular weight is 247 g/mol. The monoisotopic (exact) mass is 247 g/mol. The van der Waals surface area contributed by atoms with Crippen LogP contribution in [0.2, 0.25) is 0 Å². The zero-order valence-electron chi connectivity index (χ0n) is 11.7. The second-order valence-corrected chi connectivity index (χ2v) is 5.97. The molecule has 2 heteroatoms. The van der Waals surface area contributed by atoms with E-state index in [1.165, 1.54) is 16.7 Å². The molecule has 2 atom stereocenters. The van der Waals surface area contributed by atoms with Gasteiger partial charge < -0.3 is 10.4 Å². The molecule has 100 valence electrons. The van der Waals surface area contributed by atoms with Crippen LogP contribution < -0.4 is 5.32 Å². The molecule has 0 aromatic heterocycles. The minimum atomic E-state index is 0.224. The molecule has 0 fully saturated rings. The second kappa shape index (κ2) is 5.85. The Kier molecular flexibility index (Phi) is 4.41. The van der Waals surface area contributed by atoms with Crippen LogP contribution in [0.5, 0.6) is 0 Å². The van der Waals surface area contributed by atoms with Gasteiger partial charge >= 0.3 is 0 Å². The molecule has 0 bridgehead atoms. The van der Waals surface area contributed by atoms with Gasteiger partial charge in [-0.05, 0) is 43.2 Å². The molecule has 0 saturated heterocycles. The molecule has 0 amide bonds. The van der Waals surface area contributed by atoms with Crippen molar-refractivity contribution in [3.63, 3.8) is 0 Å². The molecule has 2 rings (SSSR count). The molecule has 0 saturated carbocycles. The van der Waals surface area contributed by atoms with Crippen LogP contribution >= 0.6 is 0 Å². The highest BCUT2D eigenvalue weighted by molar-refractivity contribution is 5.37. The summed E-state index contributed by atoms with van der Waals surface area (Å²) in [5.74, 6) is 0.619. The molecule has 18 heavy (non-hydrogen) atoms. The van der Waals surface area contributed by atoms with Crippen LogP contribution in [0.15, 0.2) is 18.2 Å². The third-order valence-corrected chi connectivity index (χ3v) is 3.79. The Balaban J connectivity index is 2.06. The van der Waals surface area contributed by atoms with Crippen molar-refractivity contribution in [1.29, 1.82) is 0 Å². The van der Waals surface area contributed by atoms with E-state index in [0.717, 1.165) is 19.3 Å². The van der Waals surface area contributed by atoms with Crippen molar-refractivity contribution in [2.75, 3.05) is 6.61 Å². The summed E-state index contributed by atoms with van der Waals surface area (Å²) in [7, 11) is 0. The molecule has 2 nitrogen and oxygen atoms in total. The van der Waals surface area contributed by atoms with Crippen LogP contribution in [-0.2, 0) is 6.42 Å². The summed E-state index contributed by atoms with van der Waals surface area (Å²) < 4.78 is 0. The lowest BCUT2D eigenvalue weighted by Gasteiger charge is -2.23. The Labute approximate surface area is 110 Å². The Hall–Kier alpha value is -0.860. The first kappa shape index (κ1) is 13.6. The van der Waals surface area contributed by atoms with Gasteiger partial charge in [-0.1, -0.05) is 37.6 Å². The largest absolute Gasteiger partial charge is 0.395 e. The Morgan fingerprint density at radius 3 is 2.83 bits per heavy atom. The van der Waals surface area contributed by atoms with Gasteiger partial charge in [0.05, 0.1) is 6.61 Å². The van der Waals surface area contributed by atoms with Gasteiger partial charge in [-0.2, -0.15) is 0 Å². The lowest BCUT2D eigenvalue weighted by atomic mass is 10.0. The van der Waals surface area contributed by atoms with E-state index in [1.807, 2.05) is 0 Å². The van der Waals surface area contributed by atoms with Crippen LogP contribution in [0.4, 0.5) is 0 Å². The molecule has 0 heterocycles. The quantitative estimate of drug-likeness (QED) is 0.838. The third kappa shape index (κ3) is 3.12. The topological polar surface area (TPSA) is 32.3 Å². The molecular formula is C16H25NO. The molecule has 2 N–H and O–H groups in total. The molecule has 1 aromatic rings. The highest BCUT2D eigenvalue weighted by atomic mass is 16.3. The van der Waals surface area contributed by atoms with Gasteiger partial charge in [0.1, 0.15) is 0 Å². The minimum Gasteiger partial charge on any atom is -0.395 e. The maximum atomic E-state index is 9.48. The van der Waals surface area contributed by atoms with E-state index >= 15 is 0 Å². The molecule has 0 radical (unpaired) electrons. The summed E-state index contributed by atoms with van der Waals surface area (Å²) in [6.07, 6.45) is 3.36. The second-order valence-electron chi connectivity index (χ2n) is 5.97. The fraction of sp³-hybridized carbons (Fsp3) is 0.625. The van der Waals surface area contributed by atoms with E-state index in [0.29, 0.717) is 12.0 Å². The smallest absolute Gasteiger partial charge is 0.0584 e. The van der Waals surface area contributed by atoms with E-state index in [4.69, 9.17) is 0 Å². The minimum absolute atomic E-state index is 0.224. The fourth-order valence-corrected chi connectivity index (χ4v) is 2.94. The third-order valence-electron chi connectivity index (χ3n) is 3.79. The van der Waals surface area contributed by atoms with Gasteiger partial charge in [0.2, 0.25) is 0 Å². The Morgan fingerprint density at radius 1 is 1.39 bits per heavy atom. The van der Waals surface area contributed by atoms with E-state index in [2.05, 4.69) is 44.3 Å². The number of aliphatic hydroxyl groups is 1. The van der Waals surface area contributed by atoms with Gasteiger partial charge in [0.25, 0.3) is 0 Å². The molecule has 1 aromatic carbocycles. The van der Waals surface area contributed by atoms with Crippen molar-refractivity contribution >= 4 is 0 Å². The molecule has 1 aliphatic rings. The van der Waals surface area contributed by atoms with Gasteiger partial charge in [-0.15, -0.1) is 0 Å². The van der Waals surface area contributed by atoms with Crippen molar-refractivity contribution in [2.24, 2.45) is 5.92 Å². The predicted molar refractivity (Wildman–Crippen MR) is 75.7 cm³/mol. The molecule has 0 aliphatic heterocycles. The number of rotatable bonds is 5. The first-order chi connectivity index (χ1) is 8.60. The first-order valence-electron chi connectivity index (χ1n) is 7.06. The van der Waals surface area contributed by atoms with Crippen LogP contribution in [0.25, 0.3) is 0 Å². The predicted octanol–water partition coefficient (Wildman–Crippen LogP) is 2.98. The molecule has 0 spiro atoms. The SMILES string of the molecule is Cc1ccc2c(c1)C(NC(CO)CC(C)C)CC2. The summed E-state index contributed by atoms with van der Waals surface area (Å²) in [6, 6.07) is 7.39. The number of hydrogen-bond acceptors (Lipinski definition) is 2. The molecule has 1 aliphatic carbocycles. The number of aryl methyl sites for hydroxylation is 2. The normalized spacial score (nSPS) is 20.2. The van der Waals surface area contributed by atoms with Crippen molar-refractivity contribution < 1.29 is 5.11 Å². The summed E-state index contributed by atoms with van der Waals surface area (Å²) in [4.78, 5) is 0. The van der Waals surface area contributed by atoms with Crippen LogP contribution in [0, 0.1) is 12.8 Å². The van der Waals surface area contributed by atoms with Gasteiger partial charge in [0.15, 0.2) is 0 Å². The number of hydrogen-bond donors (Lipinski definition) is 2. The van der Waals surface area contributed by atoms with E-state index in [1.54, 1.807) is 0 Å². The lowest BCUT2D eigenvalue weighted by Crippen LogP contribution is -2.36. The standard InChI is InChI=1S/C16H25NO/c1-11(2)8-14(10-18)17-16-7-6-13-5-4-12(3)9-15(13)16/h4-5,9,11,14,16-18H,6-8,10H2,1-3H3. The lowest BCUT2D eigenvalue weighted by molar-refractivity contribution is 0.212. The van der Waals surface area contributed by atoms with Crippen molar-refractivity contribution in [3.05, 3.63) is 34.9 Å². The van der Waals surface area contributed by atoms with Gasteiger partial charge in [0, 0.05) is 12.1 Å². The summed E-state index contributed by atoms with van der Waals surface area (Å²) in [5.41, 5.74) is 4.24. The van der Waals surface area contributed by atoms with Gasteiger partial charge in [-0.25, -0.2) is 0 Å². The number of fused-ring (bicyclic) bond motifs is 1. The number of nitrogens with one attached hydrogen (secondary N) is 1. The van der Waals surface area contributed by atoms with E-state index < -0.39 is 0 Å². The van der Waals surface area contributed by atoms with Crippen molar-refractivity contribution in [1.82, 2.24) is 5.32 Å². The van der Waals surface area contributed by atoms with Crippen LogP contribution in [0.3, 0.4) is 0 Å². The molecule has 2 unspecified atom stereocenters. The number of benzene rings is 1. The summed E-state index contributed by atoms with van der Waals surface area (Å²) in [6.45, 7) is 6.79. The first-order valence-corrected chi connectivity index (χ1v) is 7.06. The van der Waals surface area contributed by atoms with Crippen LogP contribution in [-0.4, -0.2) is 17.8 Å². The van der Waals surface area contributed by atoms with Gasteiger partial charge in [-0.3, -0.25) is 0 Å². The van der Waals surface area contributed by atoms with Crippen molar-refractivity contribution in [3.8, 4) is 0 Å². The molecular weight excluding hydrogens is 222 g/mol. The Bertz CT molecular complexity index is 400. The average Bonchev–Trinajstić information content (AvgIpc) is 2.70. The van der Waals surface area contributed by atoms with E-state index in [-0.39, 0.29) is 12.6 Å². The van der Waals surface area contributed by atoms with Crippen molar-refractivity contribution in [2.45, 2.75) is 52.1 Å². The zero-order chi connectivity index (χ0) is 13.1. The van der Waals surface area contributed by atoms with E-state index in [9.17, 15) is 5.11 Å².